The maximum Gasteiger partial charge on any atom is 0.294 e. The average Bonchev–Trinajstić information content (AvgIpc) is 2.77. The number of hydrogen-bond acceptors (Lipinski definition) is 6. The Labute approximate surface area is 179 Å². The van der Waals surface area contributed by atoms with Crippen molar-refractivity contribution < 1.29 is 19.2 Å². The van der Waals surface area contributed by atoms with Crippen molar-refractivity contribution in [1.82, 2.24) is 4.90 Å². The van der Waals surface area contributed by atoms with E-state index in [1.54, 1.807) is 55.5 Å². The molecule has 0 atom stereocenters. The summed E-state index contributed by atoms with van der Waals surface area (Å²) in [4.78, 5) is 27.1. The molecule has 1 aliphatic heterocycles. The highest BCUT2D eigenvalue weighted by atomic mass is 35.5. The molecule has 3 rings (SSSR count). The van der Waals surface area contributed by atoms with E-state index in [9.17, 15) is 14.9 Å². The van der Waals surface area contributed by atoms with Gasteiger partial charge in [0.1, 0.15) is 17.2 Å². The molecule has 1 saturated heterocycles. The number of nitrogens with zero attached hydrogens (tertiary/aromatic N) is 3. The highest BCUT2D eigenvalue weighted by Gasteiger charge is 2.25. The van der Waals surface area contributed by atoms with Crippen LogP contribution in [0.4, 0.5) is 11.4 Å². The number of piperazine rings is 1. The van der Waals surface area contributed by atoms with Crippen molar-refractivity contribution >= 4 is 35.0 Å². The Morgan fingerprint density at radius 3 is 2.47 bits per heavy atom. The van der Waals surface area contributed by atoms with Crippen LogP contribution in [0.5, 0.6) is 11.5 Å². The molecule has 0 spiro atoms. The molecule has 0 bridgehead atoms. The zero-order chi connectivity index (χ0) is 21.7. The molecule has 0 radical (unpaired) electrons. The minimum atomic E-state index is -0.441. The summed E-state index contributed by atoms with van der Waals surface area (Å²) in [7, 11) is 3.14. The van der Waals surface area contributed by atoms with Crippen LogP contribution in [0.3, 0.4) is 0 Å². The number of benzene rings is 2. The number of ether oxygens (including phenoxy) is 2. The first-order valence-electron chi connectivity index (χ1n) is 9.31. The number of halogens is 1. The molecule has 0 aromatic heterocycles. The predicted octanol–water partition coefficient (Wildman–Crippen LogP) is 3.63. The van der Waals surface area contributed by atoms with E-state index in [0.717, 1.165) is 5.56 Å². The van der Waals surface area contributed by atoms with Crippen LogP contribution in [-0.4, -0.2) is 56.1 Å². The molecule has 1 amide bonds. The Bertz CT molecular complexity index is 971. The van der Waals surface area contributed by atoms with Gasteiger partial charge in [-0.1, -0.05) is 11.6 Å². The summed E-state index contributed by atoms with van der Waals surface area (Å²) >= 11 is 5.89. The molecular formula is C21H22ClN3O5. The number of methoxy groups -OCH3 is 2. The van der Waals surface area contributed by atoms with Crippen LogP contribution in [0.15, 0.2) is 42.5 Å². The van der Waals surface area contributed by atoms with Gasteiger partial charge in [-0.3, -0.25) is 14.9 Å². The Balaban J connectivity index is 1.67. The van der Waals surface area contributed by atoms with E-state index in [1.807, 2.05) is 4.90 Å². The van der Waals surface area contributed by atoms with Crippen LogP contribution >= 0.6 is 11.6 Å². The highest BCUT2D eigenvalue weighted by molar-refractivity contribution is 6.30. The normalized spacial score (nSPS) is 14.1. The van der Waals surface area contributed by atoms with Crippen molar-refractivity contribution in [2.75, 3.05) is 45.3 Å². The van der Waals surface area contributed by atoms with E-state index in [0.29, 0.717) is 48.4 Å². The van der Waals surface area contributed by atoms with Gasteiger partial charge in [-0.2, -0.15) is 0 Å². The molecule has 0 unspecified atom stereocenters. The monoisotopic (exact) mass is 431 g/mol. The summed E-state index contributed by atoms with van der Waals surface area (Å²) in [5.41, 5.74) is 1.21. The van der Waals surface area contributed by atoms with Gasteiger partial charge in [-0.25, -0.2) is 0 Å². The maximum atomic E-state index is 12.6. The van der Waals surface area contributed by atoms with Crippen LogP contribution in [0.1, 0.15) is 5.56 Å². The minimum absolute atomic E-state index is 0.0349. The molecule has 158 valence electrons. The number of anilines is 1. The molecule has 8 nitrogen and oxygen atoms in total. The molecule has 9 heteroatoms. The number of nitro benzene ring substituents is 1. The van der Waals surface area contributed by atoms with Gasteiger partial charge < -0.3 is 19.3 Å². The maximum absolute atomic E-state index is 12.6. The lowest BCUT2D eigenvalue weighted by Gasteiger charge is -2.35. The van der Waals surface area contributed by atoms with Gasteiger partial charge in [0, 0.05) is 48.9 Å². The fraction of sp³-hybridized carbons (Fsp3) is 0.286. The summed E-state index contributed by atoms with van der Waals surface area (Å²) in [6.07, 6.45) is 3.19. The van der Waals surface area contributed by atoms with Gasteiger partial charge in [0.05, 0.1) is 19.1 Å². The first-order valence-corrected chi connectivity index (χ1v) is 9.68. The van der Waals surface area contributed by atoms with Crippen molar-refractivity contribution in [2.24, 2.45) is 0 Å². The minimum Gasteiger partial charge on any atom is -0.497 e. The molecule has 1 heterocycles. The summed E-state index contributed by atoms with van der Waals surface area (Å²) in [5, 5.41) is 11.7. The standard InChI is InChI=1S/C21H22ClN3O5/c1-29-17-5-7-20(30-2)15(13-17)3-8-21(26)24-11-9-23(10-12-24)18-6-4-16(22)14-19(18)25(27)28/h3-8,13-14H,9-12H2,1-2H3/b8-3+. The lowest BCUT2D eigenvalue weighted by Crippen LogP contribution is -2.48. The second kappa shape index (κ2) is 9.49. The van der Waals surface area contributed by atoms with Crippen molar-refractivity contribution in [3.63, 3.8) is 0 Å². The van der Waals surface area contributed by atoms with Crippen molar-refractivity contribution in [1.29, 1.82) is 0 Å². The molecule has 1 fully saturated rings. The number of carbonyl (C=O) groups excluding carboxylic acids is 1. The largest absolute Gasteiger partial charge is 0.497 e. The summed E-state index contributed by atoms with van der Waals surface area (Å²) in [6, 6.07) is 9.98. The first-order chi connectivity index (χ1) is 14.4. The van der Waals surface area contributed by atoms with Crippen molar-refractivity contribution in [3.8, 4) is 11.5 Å². The quantitative estimate of drug-likeness (QED) is 0.394. The van der Waals surface area contributed by atoms with Crippen molar-refractivity contribution in [3.05, 3.63) is 63.2 Å². The Morgan fingerprint density at radius 2 is 1.83 bits per heavy atom. The molecule has 0 aliphatic carbocycles. The zero-order valence-electron chi connectivity index (χ0n) is 16.7. The lowest BCUT2D eigenvalue weighted by molar-refractivity contribution is -0.384. The van der Waals surface area contributed by atoms with Gasteiger partial charge >= 0.3 is 0 Å². The van der Waals surface area contributed by atoms with Gasteiger partial charge in [-0.05, 0) is 36.4 Å². The molecule has 0 saturated carbocycles. The lowest BCUT2D eigenvalue weighted by atomic mass is 10.1. The van der Waals surface area contributed by atoms with Crippen LogP contribution in [-0.2, 0) is 4.79 Å². The van der Waals surface area contributed by atoms with E-state index >= 15 is 0 Å². The van der Waals surface area contributed by atoms with E-state index < -0.39 is 4.92 Å². The Hall–Kier alpha value is -3.26. The molecule has 0 N–H and O–H groups in total. The average molecular weight is 432 g/mol. The number of amides is 1. The molecule has 30 heavy (non-hydrogen) atoms. The highest BCUT2D eigenvalue weighted by Crippen LogP contribution is 2.31. The fourth-order valence-electron chi connectivity index (χ4n) is 3.31. The third-order valence-electron chi connectivity index (χ3n) is 4.91. The van der Waals surface area contributed by atoms with E-state index in [1.165, 1.54) is 12.1 Å². The molecule has 2 aromatic rings. The van der Waals surface area contributed by atoms with Gasteiger partial charge in [0.25, 0.3) is 5.69 Å². The van der Waals surface area contributed by atoms with Crippen LogP contribution in [0, 0.1) is 10.1 Å². The Morgan fingerprint density at radius 1 is 1.10 bits per heavy atom. The van der Waals surface area contributed by atoms with Gasteiger partial charge in [0.2, 0.25) is 5.91 Å². The second-order valence-corrected chi connectivity index (χ2v) is 7.08. The molecule has 2 aromatic carbocycles. The number of nitro groups is 1. The third kappa shape index (κ3) is 4.83. The number of carbonyl (C=O) groups is 1. The predicted molar refractivity (Wildman–Crippen MR) is 115 cm³/mol. The van der Waals surface area contributed by atoms with Gasteiger partial charge in [0.15, 0.2) is 0 Å². The topological polar surface area (TPSA) is 85.2 Å². The zero-order valence-corrected chi connectivity index (χ0v) is 17.5. The third-order valence-corrected chi connectivity index (χ3v) is 5.14. The van der Waals surface area contributed by atoms with E-state index in [-0.39, 0.29) is 11.6 Å². The number of rotatable bonds is 6. The Kier molecular flexibility index (Phi) is 6.79. The SMILES string of the molecule is COc1ccc(OC)c(/C=C/C(=O)N2CCN(c3ccc(Cl)cc3[N+](=O)[O-])CC2)c1. The smallest absolute Gasteiger partial charge is 0.294 e. The van der Waals surface area contributed by atoms with Crippen LogP contribution in [0.25, 0.3) is 6.08 Å². The first kappa shape index (κ1) is 21.4. The van der Waals surface area contributed by atoms with E-state index in [2.05, 4.69) is 0 Å². The van der Waals surface area contributed by atoms with Crippen molar-refractivity contribution in [2.45, 2.75) is 0 Å². The number of hydrogen-bond donors (Lipinski definition) is 0. The second-order valence-electron chi connectivity index (χ2n) is 6.64. The van der Waals surface area contributed by atoms with Crippen LogP contribution in [0.2, 0.25) is 5.02 Å². The molecular weight excluding hydrogens is 410 g/mol. The van der Waals surface area contributed by atoms with Crippen LogP contribution < -0.4 is 14.4 Å². The molecule has 1 aliphatic rings. The summed E-state index contributed by atoms with van der Waals surface area (Å²) in [6.45, 7) is 1.89. The summed E-state index contributed by atoms with van der Waals surface area (Å²) < 4.78 is 10.5. The fourth-order valence-corrected chi connectivity index (χ4v) is 3.48. The van der Waals surface area contributed by atoms with Gasteiger partial charge in [-0.15, -0.1) is 0 Å². The van der Waals surface area contributed by atoms with E-state index in [4.69, 9.17) is 21.1 Å². The summed E-state index contributed by atoms with van der Waals surface area (Å²) in [5.74, 6) is 1.17.